The average molecular weight is 498 g/mol. The number of carbonyl (C=O) groups excluding carboxylic acids is 1. The van der Waals surface area contributed by atoms with E-state index in [1.165, 1.54) is 52.8 Å². The van der Waals surface area contributed by atoms with Gasteiger partial charge in [0.1, 0.15) is 0 Å². The molecule has 8 heteroatoms. The SMILES string of the molecule is COc1cc(NC=CC(=O)c2ccc(Cl)cc2)c(C=Cc2cc(OC)c(OC)c(OC)c2)cc1F. The maximum absolute atomic E-state index is 14.5. The highest BCUT2D eigenvalue weighted by molar-refractivity contribution is 6.30. The van der Waals surface area contributed by atoms with E-state index in [0.717, 1.165) is 5.56 Å². The van der Waals surface area contributed by atoms with Crippen molar-refractivity contribution in [1.29, 1.82) is 0 Å². The van der Waals surface area contributed by atoms with Crippen LogP contribution in [-0.2, 0) is 0 Å². The summed E-state index contributed by atoms with van der Waals surface area (Å²) in [5.74, 6) is 0.792. The highest BCUT2D eigenvalue weighted by Crippen LogP contribution is 2.39. The Balaban J connectivity index is 1.90. The fraction of sp³-hybridized carbons (Fsp3) is 0.148. The standard InChI is InChI=1S/C27H25ClFNO5/c1-32-24-16-22(30-12-11-23(31)18-7-9-20(28)10-8-18)19(15-21(24)29)6-5-17-13-25(33-2)27(35-4)26(14-17)34-3/h5-16,30H,1-4H3. The van der Waals surface area contributed by atoms with Gasteiger partial charge < -0.3 is 24.3 Å². The fourth-order valence-electron chi connectivity index (χ4n) is 3.29. The second kappa shape index (κ2) is 11.9. The van der Waals surface area contributed by atoms with Crippen LogP contribution in [0.15, 0.2) is 60.8 Å². The van der Waals surface area contributed by atoms with Crippen LogP contribution in [0.5, 0.6) is 23.0 Å². The van der Waals surface area contributed by atoms with Crippen LogP contribution in [0.1, 0.15) is 21.5 Å². The molecule has 1 N–H and O–H groups in total. The average Bonchev–Trinajstić information content (AvgIpc) is 2.87. The predicted molar refractivity (Wildman–Crippen MR) is 137 cm³/mol. The molecule has 3 aromatic carbocycles. The normalized spacial score (nSPS) is 11.0. The lowest BCUT2D eigenvalue weighted by Gasteiger charge is -2.13. The number of hydrogen-bond donors (Lipinski definition) is 1. The van der Waals surface area contributed by atoms with Gasteiger partial charge in [0.15, 0.2) is 28.8 Å². The molecule has 0 fully saturated rings. The Morgan fingerprint density at radius 3 is 2.06 bits per heavy atom. The van der Waals surface area contributed by atoms with Crippen molar-refractivity contribution >= 4 is 35.2 Å². The van der Waals surface area contributed by atoms with E-state index >= 15 is 0 Å². The first kappa shape index (κ1) is 25.6. The highest BCUT2D eigenvalue weighted by Gasteiger charge is 2.13. The van der Waals surface area contributed by atoms with Crippen molar-refractivity contribution in [2.75, 3.05) is 33.8 Å². The molecule has 0 bridgehead atoms. The summed E-state index contributed by atoms with van der Waals surface area (Å²) < 4.78 is 35.7. The van der Waals surface area contributed by atoms with Crippen LogP contribution in [-0.4, -0.2) is 34.2 Å². The number of allylic oxidation sites excluding steroid dienone is 1. The predicted octanol–water partition coefficient (Wildman–Crippen LogP) is 6.49. The lowest BCUT2D eigenvalue weighted by atomic mass is 10.1. The quantitative estimate of drug-likeness (QED) is 0.196. The summed E-state index contributed by atoms with van der Waals surface area (Å²) in [5, 5.41) is 3.58. The molecule has 0 atom stereocenters. The molecule has 35 heavy (non-hydrogen) atoms. The zero-order valence-corrected chi connectivity index (χ0v) is 20.5. The molecule has 0 unspecified atom stereocenters. The smallest absolute Gasteiger partial charge is 0.203 e. The minimum atomic E-state index is -0.524. The van der Waals surface area contributed by atoms with Gasteiger partial charge in [0.2, 0.25) is 5.75 Å². The van der Waals surface area contributed by atoms with Crippen LogP contribution in [0, 0.1) is 5.82 Å². The molecular formula is C27H25ClFNO5. The van der Waals surface area contributed by atoms with Crippen molar-refractivity contribution in [2.45, 2.75) is 0 Å². The number of ketones is 1. The summed E-state index contributed by atoms with van der Waals surface area (Å²) in [6.07, 6.45) is 6.37. The zero-order chi connectivity index (χ0) is 25.4. The van der Waals surface area contributed by atoms with E-state index in [4.69, 9.17) is 30.5 Å². The van der Waals surface area contributed by atoms with Crippen LogP contribution < -0.4 is 24.3 Å². The van der Waals surface area contributed by atoms with E-state index in [9.17, 15) is 9.18 Å². The first-order valence-corrected chi connectivity index (χ1v) is 10.9. The summed E-state index contributed by atoms with van der Waals surface area (Å²) >= 11 is 5.87. The minimum absolute atomic E-state index is 0.0647. The van der Waals surface area contributed by atoms with Crippen LogP contribution in [0.25, 0.3) is 12.2 Å². The molecule has 0 radical (unpaired) electrons. The van der Waals surface area contributed by atoms with Crippen molar-refractivity contribution < 1.29 is 28.1 Å². The van der Waals surface area contributed by atoms with Crippen LogP contribution >= 0.6 is 11.6 Å². The van der Waals surface area contributed by atoms with E-state index < -0.39 is 5.82 Å². The summed E-state index contributed by atoms with van der Waals surface area (Å²) in [6, 6.07) is 13.0. The Kier molecular flexibility index (Phi) is 8.75. The molecule has 3 aromatic rings. The number of carbonyl (C=O) groups is 1. The third-order valence-corrected chi connectivity index (χ3v) is 5.32. The lowest BCUT2D eigenvalue weighted by Crippen LogP contribution is -1.98. The van der Waals surface area contributed by atoms with Crippen LogP contribution in [0.2, 0.25) is 5.02 Å². The second-order valence-electron chi connectivity index (χ2n) is 7.21. The molecule has 0 saturated heterocycles. The van der Waals surface area contributed by atoms with Crippen LogP contribution in [0.4, 0.5) is 10.1 Å². The molecular weight excluding hydrogens is 473 g/mol. The monoisotopic (exact) mass is 497 g/mol. The number of hydrogen-bond acceptors (Lipinski definition) is 6. The van der Waals surface area contributed by atoms with Gasteiger partial charge in [0.25, 0.3) is 0 Å². The molecule has 0 aliphatic heterocycles. The Hall–Kier alpha value is -3.97. The molecule has 3 rings (SSSR count). The summed E-state index contributed by atoms with van der Waals surface area (Å²) in [6.45, 7) is 0. The topological polar surface area (TPSA) is 66.0 Å². The van der Waals surface area contributed by atoms with Gasteiger partial charge in [-0.3, -0.25) is 4.79 Å². The number of anilines is 1. The van der Waals surface area contributed by atoms with E-state index in [-0.39, 0.29) is 11.5 Å². The Labute approximate surface area is 208 Å². The van der Waals surface area contributed by atoms with Gasteiger partial charge in [-0.2, -0.15) is 0 Å². The van der Waals surface area contributed by atoms with Crippen molar-refractivity contribution in [3.63, 3.8) is 0 Å². The number of methoxy groups -OCH3 is 4. The lowest BCUT2D eigenvalue weighted by molar-refractivity contribution is 0.104. The van der Waals surface area contributed by atoms with Crippen molar-refractivity contribution in [1.82, 2.24) is 0 Å². The zero-order valence-electron chi connectivity index (χ0n) is 19.7. The van der Waals surface area contributed by atoms with Crippen LogP contribution in [0.3, 0.4) is 0 Å². The van der Waals surface area contributed by atoms with E-state index in [1.807, 2.05) is 0 Å². The van der Waals surface area contributed by atoms with Gasteiger partial charge in [-0.25, -0.2) is 4.39 Å². The highest BCUT2D eigenvalue weighted by atomic mass is 35.5. The Morgan fingerprint density at radius 2 is 1.49 bits per heavy atom. The first-order valence-electron chi connectivity index (χ1n) is 10.5. The summed E-state index contributed by atoms with van der Waals surface area (Å²) in [7, 11) is 5.97. The molecule has 0 spiro atoms. The molecule has 182 valence electrons. The largest absolute Gasteiger partial charge is 0.494 e. The fourth-order valence-corrected chi connectivity index (χ4v) is 3.42. The Morgan fingerprint density at radius 1 is 0.857 bits per heavy atom. The van der Waals surface area contributed by atoms with Gasteiger partial charge in [0, 0.05) is 40.2 Å². The first-order chi connectivity index (χ1) is 16.9. The number of halogens is 2. The van der Waals surface area contributed by atoms with Crippen molar-refractivity contribution in [3.8, 4) is 23.0 Å². The number of benzene rings is 3. The third-order valence-electron chi connectivity index (χ3n) is 5.07. The van der Waals surface area contributed by atoms with Gasteiger partial charge >= 0.3 is 0 Å². The molecule has 0 aromatic heterocycles. The molecule has 0 saturated carbocycles. The molecule has 0 aliphatic carbocycles. The number of rotatable bonds is 10. The molecule has 0 aliphatic rings. The maximum atomic E-state index is 14.5. The number of ether oxygens (including phenoxy) is 4. The third kappa shape index (κ3) is 6.33. The Bertz CT molecular complexity index is 1230. The van der Waals surface area contributed by atoms with Gasteiger partial charge in [-0.05, 0) is 48.0 Å². The second-order valence-corrected chi connectivity index (χ2v) is 7.65. The maximum Gasteiger partial charge on any atom is 0.203 e. The van der Waals surface area contributed by atoms with E-state index in [1.54, 1.807) is 48.6 Å². The van der Waals surface area contributed by atoms with Gasteiger partial charge in [-0.15, -0.1) is 0 Å². The van der Waals surface area contributed by atoms with Crippen molar-refractivity contribution in [3.05, 3.63) is 88.3 Å². The number of nitrogens with one attached hydrogen (secondary N) is 1. The molecule has 0 heterocycles. The van der Waals surface area contributed by atoms with E-state index in [2.05, 4.69) is 5.32 Å². The summed E-state index contributed by atoms with van der Waals surface area (Å²) in [5.41, 5.74) is 2.30. The van der Waals surface area contributed by atoms with Crippen molar-refractivity contribution in [2.24, 2.45) is 0 Å². The van der Waals surface area contributed by atoms with E-state index in [0.29, 0.717) is 39.1 Å². The minimum Gasteiger partial charge on any atom is -0.494 e. The van der Waals surface area contributed by atoms with Gasteiger partial charge in [-0.1, -0.05) is 23.8 Å². The van der Waals surface area contributed by atoms with Gasteiger partial charge in [0.05, 0.1) is 28.4 Å². The summed E-state index contributed by atoms with van der Waals surface area (Å²) in [4.78, 5) is 12.4. The molecule has 6 nitrogen and oxygen atoms in total. The molecule has 0 amide bonds.